The molecule has 1 nitrogen and oxygen atoms in total. The second-order valence-corrected chi connectivity index (χ2v) is 8.20. The first-order valence-electron chi connectivity index (χ1n) is 8.61. The van der Waals surface area contributed by atoms with Crippen molar-refractivity contribution in [2.75, 3.05) is 0 Å². The van der Waals surface area contributed by atoms with Gasteiger partial charge in [0.25, 0.3) is 0 Å². The highest BCUT2D eigenvalue weighted by Crippen LogP contribution is 2.63. The second kappa shape index (κ2) is 4.22. The molecule has 2 saturated carbocycles. The Labute approximate surface area is 123 Å². The van der Waals surface area contributed by atoms with Crippen LogP contribution in [-0.2, 0) is 0 Å². The molecule has 0 aliphatic heterocycles. The Morgan fingerprint density at radius 2 is 2.00 bits per heavy atom. The highest BCUT2D eigenvalue weighted by Gasteiger charge is 2.57. The summed E-state index contributed by atoms with van der Waals surface area (Å²) in [6, 6.07) is 0. The largest absolute Gasteiger partial charge is 0.393 e. The normalized spacial score (nSPS) is 53.9. The lowest BCUT2D eigenvalue weighted by molar-refractivity contribution is -0.0540. The zero-order valence-corrected chi connectivity index (χ0v) is 12.9. The summed E-state index contributed by atoms with van der Waals surface area (Å²) < 4.78 is 0. The number of hydrogen-bond donors (Lipinski definition) is 1. The van der Waals surface area contributed by atoms with Crippen LogP contribution in [0.1, 0.15) is 58.8 Å². The standard InChI is InChI=1S/C19H28O/c1-18-11-4-3-5-13(18)6-7-14-15-8-9-17(20)19(15,2)12-10-16(14)18/h4,6,11,14-17,20H,3,5,7-10,12H2,1-2H3/t14-,15-,16+,17?,18-,19-/m0/s1. The highest BCUT2D eigenvalue weighted by atomic mass is 16.3. The van der Waals surface area contributed by atoms with E-state index in [1.54, 1.807) is 5.57 Å². The molecule has 0 aromatic rings. The van der Waals surface area contributed by atoms with Gasteiger partial charge in [-0.1, -0.05) is 37.6 Å². The second-order valence-electron chi connectivity index (χ2n) is 8.20. The van der Waals surface area contributed by atoms with Crippen LogP contribution >= 0.6 is 0 Å². The quantitative estimate of drug-likeness (QED) is 0.645. The van der Waals surface area contributed by atoms with Crippen molar-refractivity contribution < 1.29 is 5.11 Å². The third kappa shape index (κ3) is 1.53. The monoisotopic (exact) mass is 272 g/mol. The lowest BCUT2D eigenvalue weighted by Gasteiger charge is -2.55. The molecule has 2 fully saturated rings. The molecule has 6 atom stereocenters. The molecule has 0 aromatic heterocycles. The van der Waals surface area contributed by atoms with E-state index >= 15 is 0 Å². The van der Waals surface area contributed by atoms with E-state index in [1.165, 1.54) is 38.5 Å². The SMILES string of the molecule is C[C@]12C=CCCC1=CC[C@@H]1[C@H]2CC[C@]2(C)C(O)CC[C@@H]12. The van der Waals surface area contributed by atoms with Crippen LogP contribution in [0.4, 0.5) is 0 Å². The Hall–Kier alpha value is -0.560. The molecule has 4 rings (SSSR count). The fourth-order valence-electron chi connectivity index (χ4n) is 6.24. The highest BCUT2D eigenvalue weighted by molar-refractivity contribution is 5.31. The van der Waals surface area contributed by atoms with Crippen molar-refractivity contribution >= 4 is 0 Å². The molecule has 0 saturated heterocycles. The maximum Gasteiger partial charge on any atom is 0.0596 e. The number of fused-ring (bicyclic) bond motifs is 5. The van der Waals surface area contributed by atoms with Gasteiger partial charge < -0.3 is 5.11 Å². The fraction of sp³-hybridized carbons (Fsp3) is 0.789. The van der Waals surface area contributed by atoms with Gasteiger partial charge in [-0.25, -0.2) is 0 Å². The maximum absolute atomic E-state index is 10.4. The van der Waals surface area contributed by atoms with Gasteiger partial charge >= 0.3 is 0 Å². The molecule has 1 heteroatoms. The van der Waals surface area contributed by atoms with Gasteiger partial charge in [-0.05, 0) is 68.1 Å². The summed E-state index contributed by atoms with van der Waals surface area (Å²) in [5, 5.41) is 10.4. The summed E-state index contributed by atoms with van der Waals surface area (Å²) in [6.07, 6.45) is 16.1. The van der Waals surface area contributed by atoms with E-state index < -0.39 is 0 Å². The molecule has 20 heavy (non-hydrogen) atoms. The van der Waals surface area contributed by atoms with Gasteiger partial charge in [-0.15, -0.1) is 0 Å². The average molecular weight is 272 g/mol. The first kappa shape index (κ1) is 13.1. The Morgan fingerprint density at radius 1 is 1.15 bits per heavy atom. The van der Waals surface area contributed by atoms with E-state index in [1.807, 2.05) is 0 Å². The van der Waals surface area contributed by atoms with Crippen LogP contribution in [0.15, 0.2) is 23.8 Å². The molecular weight excluding hydrogens is 244 g/mol. The average Bonchev–Trinajstić information content (AvgIpc) is 2.74. The predicted octanol–water partition coefficient (Wildman–Crippen LogP) is 4.48. The van der Waals surface area contributed by atoms with Crippen LogP contribution in [0.3, 0.4) is 0 Å². The zero-order chi connectivity index (χ0) is 14.0. The van der Waals surface area contributed by atoms with Crippen LogP contribution in [-0.4, -0.2) is 11.2 Å². The molecule has 0 radical (unpaired) electrons. The predicted molar refractivity (Wildman–Crippen MR) is 82.2 cm³/mol. The molecule has 1 N–H and O–H groups in total. The number of rotatable bonds is 0. The van der Waals surface area contributed by atoms with Crippen molar-refractivity contribution in [3.63, 3.8) is 0 Å². The van der Waals surface area contributed by atoms with Gasteiger partial charge in [0.05, 0.1) is 6.10 Å². The third-order valence-electron chi connectivity index (χ3n) is 7.53. The summed E-state index contributed by atoms with van der Waals surface area (Å²) in [4.78, 5) is 0. The molecule has 110 valence electrons. The van der Waals surface area contributed by atoms with Gasteiger partial charge in [-0.3, -0.25) is 0 Å². The number of aliphatic hydroxyl groups excluding tert-OH is 1. The van der Waals surface area contributed by atoms with Crippen molar-refractivity contribution in [3.8, 4) is 0 Å². The molecule has 0 heterocycles. The Bertz CT molecular complexity index is 476. The van der Waals surface area contributed by atoms with E-state index in [2.05, 4.69) is 32.1 Å². The van der Waals surface area contributed by atoms with Crippen LogP contribution in [0.25, 0.3) is 0 Å². The molecule has 0 spiro atoms. The van der Waals surface area contributed by atoms with Crippen molar-refractivity contribution in [1.29, 1.82) is 0 Å². The molecule has 0 amide bonds. The van der Waals surface area contributed by atoms with E-state index in [-0.39, 0.29) is 11.5 Å². The first-order chi connectivity index (χ1) is 9.56. The number of aliphatic hydroxyl groups is 1. The molecule has 4 aliphatic rings. The van der Waals surface area contributed by atoms with E-state index in [0.29, 0.717) is 5.41 Å². The summed E-state index contributed by atoms with van der Waals surface area (Å²) >= 11 is 0. The molecule has 1 unspecified atom stereocenters. The zero-order valence-electron chi connectivity index (χ0n) is 12.9. The van der Waals surface area contributed by atoms with Crippen molar-refractivity contribution in [2.24, 2.45) is 28.6 Å². The van der Waals surface area contributed by atoms with Crippen LogP contribution in [0.2, 0.25) is 0 Å². The summed E-state index contributed by atoms with van der Waals surface area (Å²) in [5.74, 6) is 2.38. The Kier molecular flexibility index (Phi) is 2.77. The molecule has 0 bridgehead atoms. The Balaban J connectivity index is 1.72. The topological polar surface area (TPSA) is 20.2 Å². The lowest BCUT2D eigenvalue weighted by Crippen LogP contribution is -2.49. The van der Waals surface area contributed by atoms with Crippen LogP contribution < -0.4 is 0 Å². The number of allylic oxidation sites excluding steroid dienone is 4. The minimum Gasteiger partial charge on any atom is -0.393 e. The Morgan fingerprint density at radius 3 is 2.85 bits per heavy atom. The maximum atomic E-state index is 10.4. The summed E-state index contributed by atoms with van der Waals surface area (Å²) in [6.45, 7) is 4.85. The molecule has 0 aromatic carbocycles. The lowest BCUT2D eigenvalue weighted by atomic mass is 9.49. The summed E-state index contributed by atoms with van der Waals surface area (Å²) in [5.41, 5.74) is 2.25. The van der Waals surface area contributed by atoms with Crippen molar-refractivity contribution in [2.45, 2.75) is 64.9 Å². The fourth-order valence-corrected chi connectivity index (χ4v) is 6.24. The van der Waals surface area contributed by atoms with Crippen LogP contribution in [0.5, 0.6) is 0 Å². The number of hydrogen-bond acceptors (Lipinski definition) is 1. The van der Waals surface area contributed by atoms with Gasteiger partial charge in [0.15, 0.2) is 0 Å². The van der Waals surface area contributed by atoms with Crippen LogP contribution in [0, 0.1) is 28.6 Å². The van der Waals surface area contributed by atoms with E-state index in [4.69, 9.17) is 0 Å². The summed E-state index contributed by atoms with van der Waals surface area (Å²) in [7, 11) is 0. The van der Waals surface area contributed by atoms with E-state index in [9.17, 15) is 5.11 Å². The van der Waals surface area contributed by atoms with Gasteiger partial charge in [0, 0.05) is 5.41 Å². The minimum atomic E-state index is -0.0477. The van der Waals surface area contributed by atoms with E-state index in [0.717, 1.165) is 24.2 Å². The van der Waals surface area contributed by atoms with Crippen molar-refractivity contribution in [3.05, 3.63) is 23.8 Å². The van der Waals surface area contributed by atoms with Gasteiger partial charge in [0.2, 0.25) is 0 Å². The van der Waals surface area contributed by atoms with Crippen molar-refractivity contribution in [1.82, 2.24) is 0 Å². The first-order valence-corrected chi connectivity index (χ1v) is 8.61. The van der Waals surface area contributed by atoms with Gasteiger partial charge in [-0.2, -0.15) is 0 Å². The molecule has 4 aliphatic carbocycles. The smallest absolute Gasteiger partial charge is 0.0596 e. The minimum absolute atomic E-state index is 0.0477. The molecular formula is C19H28O. The van der Waals surface area contributed by atoms with Gasteiger partial charge in [0.1, 0.15) is 0 Å². The third-order valence-corrected chi connectivity index (χ3v) is 7.53.